The summed E-state index contributed by atoms with van der Waals surface area (Å²) in [5.74, 6) is 1.69. The number of furan rings is 1. The van der Waals surface area contributed by atoms with Gasteiger partial charge >= 0.3 is 5.97 Å². The van der Waals surface area contributed by atoms with E-state index in [9.17, 15) is 4.79 Å². The maximum Gasteiger partial charge on any atom is 0.325 e. The van der Waals surface area contributed by atoms with Crippen LogP contribution in [-0.2, 0) is 9.53 Å². The smallest absolute Gasteiger partial charge is 0.325 e. The predicted octanol–water partition coefficient (Wildman–Crippen LogP) is 2.61. The van der Waals surface area contributed by atoms with Crippen molar-refractivity contribution in [3.05, 3.63) is 18.1 Å². The Morgan fingerprint density at radius 2 is 2.33 bits per heavy atom. The van der Waals surface area contributed by atoms with Gasteiger partial charge in [0.25, 0.3) is 0 Å². The maximum atomic E-state index is 11.6. The molecule has 0 radical (unpaired) electrons. The Morgan fingerprint density at radius 3 is 2.83 bits per heavy atom. The molecule has 0 spiro atoms. The highest BCUT2D eigenvalue weighted by atomic mass is 32.2. The molecular weight excluding hydrogens is 250 g/mol. The van der Waals surface area contributed by atoms with Crippen molar-refractivity contribution in [2.75, 3.05) is 19.9 Å². The number of rotatable bonds is 7. The Bertz CT molecular complexity index is 391. The Kier molecular flexibility index (Phi) is 5.75. The summed E-state index contributed by atoms with van der Waals surface area (Å²) in [4.78, 5) is 12.8. The molecule has 4 nitrogen and oxygen atoms in total. The predicted molar refractivity (Wildman–Crippen MR) is 72.9 cm³/mol. The van der Waals surface area contributed by atoms with Gasteiger partial charge in [0.2, 0.25) is 0 Å². The molecule has 0 aromatic carbocycles. The third-order valence-corrected chi connectivity index (χ3v) is 4.30. The molecule has 1 heterocycles. The van der Waals surface area contributed by atoms with Crippen molar-refractivity contribution in [3.8, 4) is 0 Å². The molecule has 1 rings (SSSR count). The molecule has 1 aromatic rings. The molecule has 0 saturated heterocycles. The lowest BCUT2D eigenvalue weighted by Gasteiger charge is -2.25. The summed E-state index contributed by atoms with van der Waals surface area (Å²) in [5, 5.41) is 3.03. The van der Waals surface area contributed by atoms with Gasteiger partial charge < -0.3 is 14.5 Å². The number of carbonyl (C=O) groups excluding carboxylic acids is 1. The van der Waals surface area contributed by atoms with Crippen LogP contribution in [0.4, 0.5) is 0 Å². The average Bonchev–Trinajstić information content (AvgIpc) is 2.79. The van der Waals surface area contributed by atoms with Gasteiger partial charge in [-0.2, -0.15) is 0 Å². The van der Waals surface area contributed by atoms with Crippen LogP contribution in [0.5, 0.6) is 0 Å². The number of nitrogens with one attached hydrogen (secondary N) is 1. The molecular formula is C13H21NO3S. The SMILES string of the molecule is CNC(C)(CCCSc1ccoc1C)C(=O)OC. The van der Waals surface area contributed by atoms with Gasteiger partial charge in [0.1, 0.15) is 11.3 Å². The first-order valence-electron chi connectivity index (χ1n) is 5.97. The van der Waals surface area contributed by atoms with Gasteiger partial charge in [0.15, 0.2) is 0 Å². The minimum absolute atomic E-state index is 0.213. The van der Waals surface area contributed by atoms with E-state index in [0.717, 1.165) is 24.4 Å². The fourth-order valence-electron chi connectivity index (χ4n) is 1.69. The molecule has 1 N–H and O–H groups in total. The zero-order valence-corrected chi connectivity index (χ0v) is 12.2. The second-order valence-corrected chi connectivity index (χ2v) is 5.50. The Hall–Kier alpha value is -0.940. The Labute approximate surface area is 112 Å². The van der Waals surface area contributed by atoms with Crippen molar-refractivity contribution in [1.82, 2.24) is 5.32 Å². The number of methoxy groups -OCH3 is 1. The first-order chi connectivity index (χ1) is 8.53. The first-order valence-corrected chi connectivity index (χ1v) is 6.96. The van der Waals surface area contributed by atoms with Crippen molar-refractivity contribution in [1.29, 1.82) is 0 Å². The molecule has 102 valence electrons. The van der Waals surface area contributed by atoms with Gasteiger partial charge in [-0.25, -0.2) is 0 Å². The van der Waals surface area contributed by atoms with Gasteiger partial charge in [-0.15, -0.1) is 11.8 Å². The molecule has 0 aliphatic heterocycles. The summed E-state index contributed by atoms with van der Waals surface area (Å²) in [5.41, 5.74) is -0.596. The quantitative estimate of drug-likeness (QED) is 0.469. The standard InChI is InChI=1S/C13H21NO3S/c1-10-11(6-8-17-10)18-9-5-7-13(2,14-3)12(15)16-4/h6,8,14H,5,7,9H2,1-4H3. The van der Waals surface area contributed by atoms with E-state index in [4.69, 9.17) is 9.15 Å². The van der Waals surface area contributed by atoms with Crippen molar-refractivity contribution in [2.24, 2.45) is 0 Å². The van der Waals surface area contributed by atoms with Gasteiger partial charge in [0.05, 0.1) is 13.4 Å². The largest absolute Gasteiger partial charge is 0.468 e. The summed E-state index contributed by atoms with van der Waals surface area (Å²) < 4.78 is 10.0. The van der Waals surface area contributed by atoms with Crippen molar-refractivity contribution < 1.29 is 13.9 Å². The maximum absolute atomic E-state index is 11.6. The van der Waals surface area contributed by atoms with Crippen molar-refractivity contribution >= 4 is 17.7 Å². The van der Waals surface area contributed by atoms with E-state index in [1.54, 1.807) is 25.1 Å². The topological polar surface area (TPSA) is 51.5 Å². The molecule has 0 saturated carbocycles. The number of carbonyl (C=O) groups is 1. The van der Waals surface area contributed by atoms with Crippen LogP contribution < -0.4 is 5.32 Å². The molecule has 1 atom stereocenters. The zero-order chi connectivity index (χ0) is 13.6. The molecule has 5 heteroatoms. The fourth-order valence-corrected chi connectivity index (χ4v) is 2.60. The Balaban J connectivity index is 2.36. The molecule has 1 aromatic heterocycles. The fraction of sp³-hybridized carbons (Fsp3) is 0.615. The number of likely N-dealkylation sites (N-methyl/N-ethyl adjacent to an activating group) is 1. The molecule has 18 heavy (non-hydrogen) atoms. The van der Waals surface area contributed by atoms with E-state index in [1.807, 2.05) is 19.9 Å². The van der Waals surface area contributed by atoms with Gasteiger partial charge in [-0.3, -0.25) is 4.79 Å². The van der Waals surface area contributed by atoms with Crippen LogP contribution in [0.25, 0.3) is 0 Å². The Morgan fingerprint density at radius 1 is 1.61 bits per heavy atom. The van der Waals surface area contributed by atoms with E-state index in [2.05, 4.69) is 5.32 Å². The third kappa shape index (κ3) is 3.78. The van der Waals surface area contributed by atoms with Crippen LogP contribution in [0.2, 0.25) is 0 Å². The number of hydrogen-bond donors (Lipinski definition) is 1. The normalized spacial score (nSPS) is 14.2. The molecule has 1 unspecified atom stereocenters. The number of ether oxygens (including phenoxy) is 1. The van der Waals surface area contributed by atoms with Crippen molar-refractivity contribution in [3.63, 3.8) is 0 Å². The van der Waals surface area contributed by atoms with E-state index in [0.29, 0.717) is 0 Å². The number of esters is 1. The molecule has 0 aliphatic rings. The van der Waals surface area contributed by atoms with Crippen LogP contribution in [0, 0.1) is 6.92 Å². The lowest BCUT2D eigenvalue weighted by molar-refractivity contribution is -0.148. The van der Waals surface area contributed by atoms with Gasteiger partial charge in [0, 0.05) is 4.90 Å². The lowest BCUT2D eigenvalue weighted by atomic mass is 9.97. The summed E-state index contributed by atoms with van der Waals surface area (Å²) in [7, 11) is 3.20. The zero-order valence-electron chi connectivity index (χ0n) is 11.4. The van der Waals surface area contributed by atoms with E-state index >= 15 is 0 Å². The van der Waals surface area contributed by atoms with E-state index in [1.165, 1.54) is 12.0 Å². The molecule has 0 aliphatic carbocycles. The monoisotopic (exact) mass is 271 g/mol. The van der Waals surface area contributed by atoms with Crippen LogP contribution in [0.1, 0.15) is 25.5 Å². The minimum atomic E-state index is -0.596. The molecule has 0 bridgehead atoms. The average molecular weight is 271 g/mol. The third-order valence-electron chi connectivity index (χ3n) is 3.08. The van der Waals surface area contributed by atoms with Crippen LogP contribution in [-0.4, -0.2) is 31.4 Å². The van der Waals surface area contributed by atoms with Crippen molar-refractivity contribution in [2.45, 2.75) is 37.1 Å². The van der Waals surface area contributed by atoms with E-state index < -0.39 is 5.54 Å². The highest BCUT2D eigenvalue weighted by Crippen LogP contribution is 2.25. The number of thioether (sulfide) groups is 1. The highest BCUT2D eigenvalue weighted by molar-refractivity contribution is 7.99. The number of aryl methyl sites for hydroxylation is 1. The van der Waals surface area contributed by atoms with E-state index in [-0.39, 0.29) is 5.97 Å². The highest BCUT2D eigenvalue weighted by Gasteiger charge is 2.31. The van der Waals surface area contributed by atoms with Crippen LogP contribution >= 0.6 is 11.8 Å². The van der Waals surface area contributed by atoms with Crippen LogP contribution in [0.15, 0.2) is 21.6 Å². The molecule has 0 amide bonds. The summed E-state index contributed by atoms with van der Waals surface area (Å²) in [6.07, 6.45) is 3.38. The summed E-state index contributed by atoms with van der Waals surface area (Å²) in [6, 6.07) is 1.97. The summed E-state index contributed by atoms with van der Waals surface area (Å²) >= 11 is 1.75. The second-order valence-electron chi connectivity index (χ2n) is 4.37. The minimum Gasteiger partial charge on any atom is -0.468 e. The first kappa shape index (κ1) is 15.1. The number of hydrogen-bond acceptors (Lipinski definition) is 5. The summed E-state index contributed by atoms with van der Waals surface area (Å²) in [6.45, 7) is 3.82. The van der Waals surface area contributed by atoms with Gasteiger partial charge in [-0.1, -0.05) is 0 Å². The van der Waals surface area contributed by atoms with Gasteiger partial charge in [-0.05, 0) is 45.6 Å². The second kappa shape index (κ2) is 6.85. The lowest BCUT2D eigenvalue weighted by Crippen LogP contribution is -2.48. The van der Waals surface area contributed by atoms with Crippen LogP contribution in [0.3, 0.4) is 0 Å². The molecule has 0 fully saturated rings.